The summed E-state index contributed by atoms with van der Waals surface area (Å²) >= 11 is 3.75. The minimum Gasteiger partial charge on any atom is -0.309 e. The molecule has 3 nitrogen and oxygen atoms in total. The van der Waals surface area contributed by atoms with Gasteiger partial charge in [0, 0.05) is 75.2 Å². The first-order chi connectivity index (χ1) is 37.2. The molecule has 0 atom stereocenters. The molecule has 4 aromatic heterocycles. The van der Waals surface area contributed by atoms with Crippen LogP contribution in [-0.2, 0) is 0 Å². The van der Waals surface area contributed by atoms with Crippen LogP contribution in [0, 0.1) is 0 Å². The summed E-state index contributed by atoms with van der Waals surface area (Å²) in [5.74, 6) is 0. The standard InChI is InChI=1S/C70H43N3S2/c1-3-15-44(16-4-1)46-29-34-49(35-30-46)71(62-25-13-22-56-54-19-8-11-27-65(54)74-69(56)62)51-38-33-48-41-60-53-40-39-52(43-64(53)73-61-24-10-7-21-58(61)67(68(60)73)59(48)42-51)72(50-36-31-47(32-37-50)45-17-5-2-6-18-45)63-26-14-23-57-55-20-9-12-28-66(55)75-70(57)63/h1-43H. The highest BCUT2D eigenvalue weighted by atomic mass is 32.1. The predicted octanol–water partition coefficient (Wildman–Crippen LogP) is 21.0. The maximum absolute atomic E-state index is 2.54. The van der Waals surface area contributed by atoms with Crippen molar-refractivity contribution in [3.05, 3.63) is 261 Å². The summed E-state index contributed by atoms with van der Waals surface area (Å²) < 4.78 is 7.68. The molecule has 5 heteroatoms. The summed E-state index contributed by atoms with van der Waals surface area (Å²) in [6.07, 6.45) is 0. The van der Waals surface area contributed by atoms with E-state index < -0.39 is 0 Å². The van der Waals surface area contributed by atoms with Crippen LogP contribution < -0.4 is 9.80 Å². The number of hydrogen-bond acceptors (Lipinski definition) is 4. The number of thiophene rings is 2. The van der Waals surface area contributed by atoms with E-state index in [4.69, 9.17) is 0 Å². The Labute approximate surface area is 440 Å². The van der Waals surface area contributed by atoms with Gasteiger partial charge in [0.25, 0.3) is 0 Å². The van der Waals surface area contributed by atoms with Crippen LogP contribution in [0.25, 0.3) is 111 Å². The van der Waals surface area contributed by atoms with Crippen LogP contribution in [-0.4, -0.2) is 4.40 Å². The number of benzene rings is 12. The molecule has 0 aliphatic rings. The van der Waals surface area contributed by atoms with Gasteiger partial charge >= 0.3 is 0 Å². The van der Waals surface area contributed by atoms with Crippen molar-refractivity contribution in [1.82, 2.24) is 4.40 Å². The fourth-order valence-corrected chi connectivity index (χ4v) is 14.5. The molecule has 0 fully saturated rings. The number of hydrogen-bond donors (Lipinski definition) is 0. The van der Waals surface area contributed by atoms with Crippen molar-refractivity contribution in [2.45, 2.75) is 0 Å². The van der Waals surface area contributed by atoms with Crippen molar-refractivity contribution >= 4 is 146 Å². The highest BCUT2D eigenvalue weighted by Gasteiger charge is 2.25. The van der Waals surface area contributed by atoms with Crippen LogP contribution in [0.3, 0.4) is 0 Å². The number of rotatable bonds is 8. The van der Waals surface area contributed by atoms with Crippen molar-refractivity contribution in [1.29, 1.82) is 0 Å². The number of para-hydroxylation sites is 1. The molecule has 16 aromatic rings. The molecule has 12 aromatic carbocycles. The number of aromatic nitrogens is 1. The van der Waals surface area contributed by atoms with Crippen LogP contribution in [0.15, 0.2) is 261 Å². The molecule has 0 bridgehead atoms. The molecule has 0 spiro atoms. The van der Waals surface area contributed by atoms with E-state index in [2.05, 4.69) is 275 Å². The van der Waals surface area contributed by atoms with Gasteiger partial charge in [0.05, 0.1) is 37.3 Å². The van der Waals surface area contributed by atoms with Crippen LogP contribution in [0.5, 0.6) is 0 Å². The second kappa shape index (κ2) is 16.6. The lowest BCUT2D eigenvalue weighted by atomic mass is 9.98. The van der Waals surface area contributed by atoms with Crippen molar-refractivity contribution in [2.75, 3.05) is 9.80 Å². The zero-order valence-corrected chi connectivity index (χ0v) is 42.1. The molecule has 0 aliphatic heterocycles. The van der Waals surface area contributed by atoms with Gasteiger partial charge in [-0.3, -0.25) is 0 Å². The Bertz CT molecular complexity index is 4650. The molecule has 0 N–H and O–H groups in total. The largest absolute Gasteiger partial charge is 0.309 e. The SMILES string of the molecule is c1ccc(-c2ccc(N(c3ccc4cc5c6ccc(N(c7ccc(-c8ccccc8)cc7)c7cccc8c7sc7ccccc78)cc6n6c7ccccc7c(c4c3)c56)c3cccc4c3sc3ccccc34)cc2)cc1. The van der Waals surface area contributed by atoms with Crippen LogP contribution in [0.4, 0.5) is 34.1 Å². The molecule has 0 saturated heterocycles. The minimum atomic E-state index is 1.11. The van der Waals surface area contributed by atoms with Gasteiger partial charge in [-0.2, -0.15) is 0 Å². The van der Waals surface area contributed by atoms with Gasteiger partial charge in [-0.1, -0.05) is 176 Å². The van der Waals surface area contributed by atoms with E-state index in [0.29, 0.717) is 0 Å². The molecule has 0 saturated carbocycles. The van der Waals surface area contributed by atoms with Gasteiger partial charge in [0.15, 0.2) is 0 Å². The van der Waals surface area contributed by atoms with Gasteiger partial charge in [0.1, 0.15) is 0 Å². The Balaban J connectivity index is 0.914. The van der Waals surface area contributed by atoms with E-state index in [9.17, 15) is 0 Å². The van der Waals surface area contributed by atoms with E-state index >= 15 is 0 Å². The third-order valence-electron chi connectivity index (χ3n) is 15.5. The quantitative estimate of drug-likeness (QED) is 0.150. The van der Waals surface area contributed by atoms with Crippen molar-refractivity contribution in [3.63, 3.8) is 0 Å². The van der Waals surface area contributed by atoms with E-state index in [1.54, 1.807) is 0 Å². The van der Waals surface area contributed by atoms with E-state index in [1.807, 2.05) is 22.7 Å². The van der Waals surface area contributed by atoms with E-state index in [1.165, 1.54) is 123 Å². The smallest absolute Gasteiger partial charge is 0.0640 e. The Morgan fingerprint density at radius 1 is 0.280 bits per heavy atom. The molecule has 0 unspecified atom stereocenters. The van der Waals surface area contributed by atoms with Crippen LogP contribution in [0.1, 0.15) is 0 Å². The summed E-state index contributed by atoms with van der Waals surface area (Å²) in [4.78, 5) is 4.95. The zero-order chi connectivity index (χ0) is 49.1. The third kappa shape index (κ3) is 6.52. The van der Waals surface area contributed by atoms with Crippen LogP contribution in [0.2, 0.25) is 0 Å². The van der Waals surface area contributed by atoms with E-state index in [-0.39, 0.29) is 0 Å². The highest BCUT2D eigenvalue weighted by Crippen LogP contribution is 2.50. The average Bonchev–Trinajstić information content (AvgIpc) is 4.36. The summed E-state index contributed by atoms with van der Waals surface area (Å²) in [5, 5.41) is 12.6. The molecule has 350 valence electrons. The second-order valence-electron chi connectivity index (χ2n) is 19.6. The zero-order valence-electron chi connectivity index (χ0n) is 40.5. The minimum absolute atomic E-state index is 1.11. The van der Waals surface area contributed by atoms with Gasteiger partial charge in [-0.05, 0) is 118 Å². The Morgan fingerprint density at radius 2 is 0.747 bits per heavy atom. The lowest BCUT2D eigenvalue weighted by Gasteiger charge is -2.27. The Hall–Kier alpha value is -9.26. The Morgan fingerprint density at radius 3 is 1.33 bits per heavy atom. The molecule has 4 heterocycles. The monoisotopic (exact) mass is 989 g/mol. The fraction of sp³-hybridized carbons (Fsp3) is 0. The molecule has 75 heavy (non-hydrogen) atoms. The van der Waals surface area contributed by atoms with Gasteiger partial charge in [-0.25, -0.2) is 0 Å². The fourth-order valence-electron chi connectivity index (χ4n) is 12.1. The van der Waals surface area contributed by atoms with Crippen molar-refractivity contribution < 1.29 is 0 Å². The lowest BCUT2D eigenvalue weighted by molar-refractivity contribution is 1.30. The maximum Gasteiger partial charge on any atom is 0.0640 e. The van der Waals surface area contributed by atoms with Crippen molar-refractivity contribution in [2.24, 2.45) is 0 Å². The topological polar surface area (TPSA) is 10.9 Å². The number of fused-ring (bicyclic) bond motifs is 14. The molecular formula is C70H43N3S2. The molecule has 16 rings (SSSR count). The van der Waals surface area contributed by atoms with Gasteiger partial charge < -0.3 is 14.2 Å². The maximum atomic E-state index is 2.54. The predicted molar refractivity (Wildman–Crippen MR) is 325 cm³/mol. The first-order valence-corrected chi connectivity index (χ1v) is 27.2. The highest BCUT2D eigenvalue weighted by molar-refractivity contribution is 7.26. The van der Waals surface area contributed by atoms with Crippen molar-refractivity contribution in [3.8, 4) is 22.3 Å². The number of nitrogens with zero attached hydrogens (tertiary/aromatic N) is 3. The molecule has 0 amide bonds. The first kappa shape index (κ1) is 42.3. The summed E-state index contributed by atoms with van der Waals surface area (Å²) in [5.41, 5.74) is 15.3. The molecule has 0 aliphatic carbocycles. The van der Waals surface area contributed by atoms with Gasteiger partial charge in [-0.15, -0.1) is 22.7 Å². The normalized spacial score (nSPS) is 12.0. The molecular weight excluding hydrogens is 947 g/mol. The van der Waals surface area contributed by atoms with E-state index in [0.717, 1.165) is 22.7 Å². The first-order valence-electron chi connectivity index (χ1n) is 25.6. The average molecular weight is 990 g/mol. The summed E-state index contributed by atoms with van der Waals surface area (Å²) in [6.45, 7) is 0. The van der Waals surface area contributed by atoms with Crippen LogP contribution >= 0.6 is 22.7 Å². The third-order valence-corrected chi connectivity index (χ3v) is 17.9. The van der Waals surface area contributed by atoms with Gasteiger partial charge in [0.2, 0.25) is 0 Å². The second-order valence-corrected chi connectivity index (χ2v) is 21.7. The summed E-state index contributed by atoms with van der Waals surface area (Å²) in [6, 6.07) is 96.4. The number of anilines is 6. The molecule has 0 radical (unpaired) electrons. The summed E-state index contributed by atoms with van der Waals surface area (Å²) in [7, 11) is 0. The lowest BCUT2D eigenvalue weighted by Crippen LogP contribution is -2.10. The Kier molecular flexibility index (Phi) is 9.38.